The van der Waals surface area contributed by atoms with Crippen LogP contribution in [0.5, 0.6) is 0 Å². The summed E-state index contributed by atoms with van der Waals surface area (Å²) in [5, 5.41) is 3.67. The van der Waals surface area contributed by atoms with Crippen molar-refractivity contribution >= 4 is 5.96 Å². The van der Waals surface area contributed by atoms with Gasteiger partial charge in [0.15, 0.2) is 5.96 Å². The van der Waals surface area contributed by atoms with Crippen LogP contribution in [-0.4, -0.2) is 74.8 Å². The first-order valence-electron chi connectivity index (χ1n) is 9.57. The highest BCUT2D eigenvalue weighted by molar-refractivity contribution is 5.79. The van der Waals surface area contributed by atoms with Crippen LogP contribution >= 0.6 is 0 Å². The first kappa shape index (κ1) is 19.3. The number of hydrogen-bond donors (Lipinski definition) is 1. The third-order valence-electron chi connectivity index (χ3n) is 5.52. The Bertz CT molecular complexity index is 398. The molecule has 1 saturated heterocycles. The van der Waals surface area contributed by atoms with Crippen LogP contribution in [0.3, 0.4) is 0 Å². The molecule has 1 aliphatic heterocycles. The Kier molecular flexibility index (Phi) is 8.06. The van der Waals surface area contributed by atoms with E-state index in [1.165, 1.54) is 32.1 Å². The smallest absolute Gasteiger partial charge is 0.193 e. The number of unbranched alkanes of at least 4 members (excludes halogenated alkanes) is 1. The highest BCUT2D eigenvalue weighted by Crippen LogP contribution is 2.33. The van der Waals surface area contributed by atoms with E-state index in [-0.39, 0.29) is 5.54 Å². The predicted octanol–water partition coefficient (Wildman–Crippen LogP) is 2.49. The Labute approximate surface area is 148 Å². The number of ether oxygens (including phenoxy) is 1. The number of morpholine rings is 1. The summed E-state index contributed by atoms with van der Waals surface area (Å²) in [5.74, 6) is 1.01. The molecule has 0 aromatic heterocycles. The van der Waals surface area contributed by atoms with Gasteiger partial charge in [0.05, 0.1) is 13.2 Å². The lowest BCUT2D eigenvalue weighted by Crippen LogP contribution is -2.60. The van der Waals surface area contributed by atoms with E-state index in [1.807, 2.05) is 13.1 Å². The van der Waals surface area contributed by atoms with E-state index in [9.17, 15) is 0 Å². The summed E-state index contributed by atoms with van der Waals surface area (Å²) < 4.78 is 5.57. The van der Waals surface area contributed by atoms with Gasteiger partial charge in [0, 0.05) is 45.8 Å². The van der Waals surface area contributed by atoms with Crippen molar-refractivity contribution in [2.45, 2.75) is 50.5 Å². The van der Waals surface area contributed by atoms with Crippen molar-refractivity contribution in [3.05, 3.63) is 12.7 Å². The van der Waals surface area contributed by atoms with E-state index in [0.29, 0.717) is 0 Å². The van der Waals surface area contributed by atoms with Crippen molar-refractivity contribution in [2.24, 2.45) is 4.99 Å². The highest BCUT2D eigenvalue weighted by Gasteiger charge is 2.38. The second-order valence-electron chi connectivity index (χ2n) is 7.14. The number of guanidine groups is 1. The van der Waals surface area contributed by atoms with Crippen LogP contribution in [0.1, 0.15) is 44.9 Å². The van der Waals surface area contributed by atoms with Gasteiger partial charge in [-0.05, 0) is 25.7 Å². The van der Waals surface area contributed by atoms with Gasteiger partial charge < -0.3 is 15.0 Å². The lowest BCUT2D eigenvalue weighted by Gasteiger charge is -2.48. The molecule has 0 spiro atoms. The fourth-order valence-electron chi connectivity index (χ4n) is 4.06. The number of hydrogen-bond acceptors (Lipinski definition) is 3. The maximum absolute atomic E-state index is 5.57. The van der Waals surface area contributed by atoms with Gasteiger partial charge in [-0.15, -0.1) is 6.58 Å². The monoisotopic (exact) mass is 336 g/mol. The summed E-state index contributed by atoms with van der Waals surface area (Å²) in [6.07, 6.45) is 10.8. The van der Waals surface area contributed by atoms with Crippen molar-refractivity contribution in [1.82, 2.24) is 15.1 Å². The largest absolute Gasteiger partial charge is 0.379 e. The molecule has 0 aromatic rings. The number of nitrogens with one attached hydrogen (secondary N) is 1. The Balaban J connectivity index is 1.94. The minimum atomic E-state index is 0.278. The fourth-order valence-corrected chi connectivity index (χ4v) is 4.06. The molecule has 2 rings (SSSR count). The van der Waals surface area contributed by atoms with Crippen molar-refractivity contribution in [1.29, 1.82) is 0 Å². The van der Waals surface area contributed by atoms with Gasteiger partial charge in [0.25, 0.3) is 0 Å². The standard InChI is InChI=1S/C19H36N4O/c1-4-5-9-12-22(3)18(20-2)21-17-19(10-7-6-8-11-19)23-13-15-24-16-14-23/h4H,1,5-17H2,2-3H3,(H,20,21). The van der Waals surface area contributed by atoms with Gasteiger partial charge in [-0.3, -0.25) is 9.89 Å². The number of rotatable bonds is 7. The minimum absolute atomic E-state index is 0.278. The van der Waals surface area contributed by atoms with E-state index in [1.54, 1.807) is 0 Å². The van der Waals surface area contributed by atoms with E-state index in [4.69, 9.17) is 4.74 Å². The summed E-state index contributed by atoms with van der Waals surface area (Å²) in [6, 6.07) is 0. The number of nitrogens with zero attached hydrogens (tertiary/aromatic N) is 3. The molecule has 0 bridgehead atoms. The molecule has 0 radical (unpaired) electrons. The van der Waals surface area contributed by atoms with Crippen LogP contribution in [0.25, 0.3) is 0 Å². The first-order chi connectivity index (χ1) is 11.7. The molecule has 24 heavy (non-hydrogen) atoms. The van der Waals surface area contributed by atoms with Gasteiger partial charge >= 0.3 is 0 Å². The molecule has 0 amide bonds. The average molecular weight is 337 g/mol. The lowest BCUT2D eigenvalue weighted by molar-refractivity contribution is -0.0354. The molecule has 1 aliphatic carbocycles. The highest BCUT2D eigenvalue weighted by atomic mass is 16.5. The van der Waals surface area contributed by atoms with Gasteiger partial charge in [-0.25, -0.2) is 0 Å². The van der Waals surface area contributed by atoms with Crippen molar-refractivity contribution < 1.29 is 4.74 Å². The topological polar surface area (TPSA) is 40.1 Å². The second-order valence-corrected chi connectivity index (χ2v) is 7.14. The summed E-state index contributed by atoms with van der Waals surface area (Å²) in [5.41, 5.74) is 0.278. The van der Waals surface area contributed by atoms with Crippen molar-refractivity contribution in [3.8, 4) is 0 Å². The zero-order valence-corrected chi connectivity index (χ0v) is 15.7. The van der Waals surface area contributed by atoms with Crippen LogP contribution in [0.2, 0.25) is 0 Å². The number of aliphatic imine (C=N–C) groups is 1. The summed E-state index contributed by atoms with van der Waals surface area (Å²) >= 11 is 0. The number of allylic oxidation sites excluding steroid dienone is 1. The normalized spacial score (nSPS) is 22.2. The minimum Gasteiger partial charge on any atom is -0.379 e. The van der Waals surface area contributed by atoms with E-state index < -0.39 is 0 Å². The summed E-state index contributed by atoms with van der Waals surface area (Å²) in [6.45, 7) is 9.68. The van der Waals surface area contributed by atoms with Gasteiger partial charge in [-0.2, -0.15) is 0 Å². The van der Waals surface area contributed by atoms with Gasteiger partial charge in [0.2, 0.25) is 0 Å². The third-order valence-corrected chi connectivity index (χ3v) is 5.52. The van der Waals surface area contributed by atoms with Crippen molar-refractivity contribution in [3.63, 3.8) is 0 Å². The Morgan fingerprint density at radius 1 is 1.29 bits per heavy atom. The average Bonchev–Trinajstić information content (AvgIpc) is 2.64. The molecular formula is C19H36N4O. The molecule has 138 valence electrons. The van der Waals surface area contributed by atoms with Crippen molar-refractivity contribution in [2.75, 3.05) is 53.5 Å². The summed E-state index contributed by atoms with van der Waals surface area (Å²) in [4.78, 5) is 9.40. The first-order valence-corrected chi connectivity index (χ1v) is 9.57. The van der Waals surface area contributed by atoms with Gasteiger partial charge in [-0.1, -0.05) is 25.3 Å². The molecule has 5 heteroatoms. The van der Waals surface area contributed by atoms with Crippen LogP contribution in [0.15, 0.2) is 17.6 Å². The fraction of sp³-hybridized carbons (Fsp3) is 0.842. The van der Waals surface area contributed by atoms with Crippen LogP contribution in [0.4, 0.5) is 0 Å². The van der Waals surface area contributed by atoms with Crippen LogP contribution in [-0.2, 0) is 4.74 Å². The molecule has 0 unspecified atom stereocenters. The molecule has 5 nitrogen and oxygen atoms in total. The molecule has 1 N–H and O–H groups in total. The summed E-state index contributed by atoms with van der Waals surface area (Å²) in [7, 11) is 4.01. The van der Waals surface area contributed by atoms with Crippen LogP contribution < -0.4 is 5.32 Å². The Morgan fingerprint density at radius 3 is 2.62 bits per heavy atom. The second kappa shape index (κ2) is 10.0. The zero-order valence-electron chi connectivity index (χ0n) is 15.7. The Hall–Kier alpha value is -1.07. The molecular weight excluding hydrogens is 300 g/mol. The lowest BCUT2D eigenvalue weighted by atomic mass is 9.80. The molecule has 1 saturated carbocycles. The van der Waals surface area contributed by atoms with E-state index in [2.05, 4.69) is 33.7 Å². The molecule has 2 fully saturated rings. The molecule has 0 aromatic carbocycles. The van der Waals surface area contributed by atoms with E-state index in [0.717, 1.165) is 58.2 Å². The molecule has 1 heterocycles. The Morgan fingerprint density at radius 2 is 2.00 bits per heavy atom. The maximum atomic E-state index is 5.57. The zero-order chi connectivity index (χ0) is 17.3. The SMILES string of the molecule is C=CCCCN(C)C(=NC)NCC1(N2CCOCC2)CCCCC1. The van der Waals surface area contributed by atoms with Gasteiger partial charge in [0.1, 0.15) is 0 Å². The molecule has 2 aliphatic rings. The third kappa shape index (κ3) is 5.21. The van der Waals surface area contributed by atoms with Crippen LogP contribution in [0, 0.1) is 0 Å². The van der Waals surface area contributed by atoms with E-state index >= 15 is 0 Å². The maximum Gasteiger partial charge on any atom is 0.193 e. The quantitative estimate of drug-likeness (QED) is 0.336. The predicted molar refractivity (Wildman–Crippen MR) is 102 cm³/mol. The molecule has 0 atom stereocenters.